The van der Waals surface area contributed by atoms with E-state index in [1.165, 1.54) is 19.2 Å². The zero-order chi connectivity index (χ0) is 20.3. The Labute approximate surface area is 165 Å². The first-order valence-corrected chi connectivity index (χ1v) is 10.2. The molecule has 3 aromatic rings. The molecule has 0 amide bonds. The Hall–Kier alpha value is -2.68. The fourth-order valence-electron chi connectivity index (χ4n) is 3.35. The van der Waals surface area contributed by atoms with Crippen molar-refractivity contribution in [2.24, 2.45) is 0 Å². The van der Waals surface area contributed by atoms with E-state index in [1.54, 1.807) is 12.1 Å². The van der Waals surface area contributed by atoms with Crippen LogP contribution in [0.2, 0.25) is 0 Å². The lowest BCUT2D eigenvalue weighted by Crippen LogP contribution is -2.04. The van der Waals surface area contributed by atoms with E-state index in [0.29, 0.717) is 17.3 Å². The van der Waals surface area contributed by atoms with E-state index >= 15 is 0 Å². The van der Waals surface area contributed by atoms with Crippen LogP contribution in [0, 0.1) is 12.7 Å². The van der Waals surface area contributed by atoms with Gasteiger partial charge in [-0.3, -0.25) is 4.98 Å². The van der Waals surface area contributed by atoms with Crippen molar-refractivity contribution in [1.29, 1.82) is 0 Å². The Kier molecular flexibility index (Phi) is 6.13. The highest BCUT2D eigenvalue weighted by Crippen LogP contribution is 2.46. The summed E-state index contributed by atoms with van der Waals surface area (Å²) in [6.07, 6.45) is 0.634. The minimum Gasteiger partial charge on any atom is -0.252 e. The number of pyridine rings is 1. The normalized spacial score (nSPS) is 11.4. The summed E-state index contributed by atoms with van der Waals surface area (Å²) in [6, 6.07) is 16.2. The number of hydrogen-bond acceptors (Lipinski definition) is 3. The van der Waals surface area contributed by atoms with Gasteiger partial charge in [-0.2, -0.15) is 0 Å². The molecule has 1 unspecified atom stereocenters. The summed E-state index contributed by atoms with van der Waals surface area (Å²) in [4.78, 5) is 4.88. The summed E-state index contributed by atoms with van der Waals surface area (Å²) in [6.45, 7) is 8.00. The van der Waals surface area contributed by atoms with E-state index < -0.39 is 8.03 Å². The lowest BCUT2D eigenvalue weighted by molar-refractivity contribution is 0.424. The highest BCUT2D eigenvalue weighted by Gasteiger charge is 2.31. The van der Waals surface area contributed by atoms with Gasteiger partial charge in [-0.05, 0) is 47.7 Å². The Balaban J connectivity index is 2.38. The highest BCUT2D eigenvalue weighted by atomic mass is 31.1. The Bertz CT molecular complexity index is 1030. The first-order chi connectivity index (χ1) is 13.5. The Morgan fingerprint density at radius 3 is 2.32 bits per heavy atom. The Morgan fingerprint density at radius 1 is 1.11 bits per heavy atom. The molecule has 0 N–H and O–H groups in total. The molecule has 0 saturated heterocycles. The minimum absolute atomic E-state index is 0.308. The van der Waals surface area contributed by atoms with Gasteiger partial charge in [0.2, 0.25) is 5.31 Å². The van der Waals surface area contributed by atoms with E-state index in [0.717, 1.165) is 33.6 Å². The smallest absolute Gasteiger partial charge is 0.252 e. The summed E-state index contributed by atoms with van der Waals surface area (Å²) in [5, 5.41) is 0.392. The number of hydrogen-bond donors (Lipinski definition) is 0. The van der Waals surface area contributed by atoms with Crippen molar-refractivity contribution in [3.63, 3.8) is 0 Å². The average Bonchev–Trinajstić information content (AvgIpc) is 2.73. The largest absolute Gasteiger partial charge is 0.548 e. The van der Waals surface area contributed by atoms with Crippen molar-refractivity contribution >= 4 is 13.3 Å². The quantitative estimate of drug-likeness (QED) is 0.432. The molecule has 0 spiro atoms. The van der Waals surface area contributed by atoms with E-state index in [4.69, 9.17) is 9.51 Å². The maximum absolute atomic E-state index is 13.5. The number of nitrogens with zero attached hydrogens (tertiary/aromatic N) is 1. The van der Waals surface area contributed by atoms with Crippen LogP contribution in [0.1, 0.15) is 23.7 Å². The Morgan fingerprint density at radius 2 is 1.75 bits per heavy atom. The number of benzene rings is 2. The molecule has 0 aliphatic carbocycles. The predicted octanol–water partition coefficient (Wildman–Crippen LogP) is 6.79. The summed E-state index contributed by atoms with van der Waals surface area (Å²) in [5.41, 5.74) is 5.95. The molecule has 0 aliphatic heterocycles. The zero-order valence-corrected chi connectivity index (χ0v) is 17.1. The van der Waals surface area contributed by atoms with Gasteiger partial charge in [0.1, 0.15) is 5.82 Å². The van der Waals surface area contributed by atoms with E-state index in [-0.39, 0.29) is 5.82 Å². The topological polar surface area (TPSA) is 39.2 Å². The van der Waals surface area contributed by atoms with Gasteiger partial charge in [-0.1, -0.05) is 49.4 Å². The molecule has 28 heavy (non-hydrogen) atoms. The molecule has 0 radical (unpaired) electrons. The molecule has 1 atom stereocenters. The second-order valence-electron chi connectivity index (χ2n) is 6.39. The molecule has 2 aromatic carbocycles. The number of aryl methyl sites for hydroxylation is 1. The number of halogens is 1. The standard InChI is InChI=1S/C23H22FNO2P/c1-5-20-22(16(3)28(26)27-4)21(17-11-13-19(24)14-12-17)15(2)23(25-20)18-9-7-6-8-10-18/h6-14H,3,5H2,1-2,4H3/q+1. The maximum Gasteiger partial charge on any atom is 0.548 e. The molecule has 3 rings (SSSR count). The monoisotopic (exact) mass is 394 g/mol. The van der Waals surface area contributed by atoms with Crippen LogP contribution < -0.4 is 0 Å². The predicted molar refractivity (Wildman–Crippen MR) is 113 cm³/mol. The molecule has 0 saturated carbocycles. The first kappa shape index (κ1) is 20.1. The average molecular weight is 394 g/mol. The van der Waals surface area contributed by atoms with Gasteiger partial charge in [0.15, 0.2) is 0 Å². The fourth-order valence-corrected chi connectivity index (χ4v) is 3.99. The van der Waals surface area contributed by atoms with Crippen molar-refractivity contribution in [2.75, 3.05) is 7.11 Å². The molecule has 0 fully saturated rings. The first-order valence-electron chi connectivity index (χ1n) is 9.03. The lowest BCUT2D eigenvalue weighted by Gasteiger charge is -2.18. The fraction of sp³-hybridized carbons (Fsp3) is 0.174. The summed E-state index contributed by atoms with van der Waals surface area (Å²) >= 11 is 0. The minimum atomic E-state index is -2.09. The maximum atomic E-state index is 13.5. The SMILES string of the molecule is C=C(c1c(CC)nc(-c2ccccc2)c(C)c1-c1ccc(F)cc1)[P+](=O)OC. The van der Waals surface area contributed by atoms with Gasteiger partial charge >= 0.3 is 8.03 Å². The molecular formula is C23H22FNO2P+. The van der Waals surface area contributed by atoms with Crippen LogP contribution in [0.4, 0.5) is 4.39 Å². The van der Waals surface area contributed by atoms with Gasteiger partial charge in [0.05, 0.1) is 24.1 Å². The summed E-state index contributed by atoms with van der Waals surface area (Å²) in [5.74, 6) is -0.308. The molecule has 0 bridgehead atoms. The second-order valence-corrected chi connectivity index (χ2v) is 7.81. The zero-order valence-electron chi connectivity index (χ0n) is 16.2. The van der Waals surface area contributed by atoms with Crippen LogP contribution in [0.3, 0.4) is 0 Å². The third-order valence-corrected chi connectivity index (χ3v) is 5.70. The van der Waals surface area contributed by atoms with Gasteiger partial charge in [-0.25, -0.2) is 4.39 Å². The third kappa shape index (κ3) is 3.80. The second kappa shape index (κ2) is 8.55. The van der Waals surface area contributed by atoms with Crippen LogP contribution in [0.25, 0.3) is 27.7 Å². The van der Waals surface area contributed by atoms with Crippen LogP contribution >= 0.6 is 8.03 Å². The summed E-state index contributed by atoms with van der Waals surface area (Å²) < 4.78 is 31.0. The van der Waals surface area contributed by atoms with Crippen molar-refractivity contribution in [3.8, 4) is 22.4 Å². The van der Waals surface area contributed by atoms with E-state index in [9.17, 15) is 8.96 Å². The molecular weight excluding hydrogens is 372 g/mol. The van der Waals surface area contributed by atoms with Crippen molar-refractivity contribution < 1.29 is 13.5 Å². The van der Waals surface area contributed by atoms with Gasteiger partial charge < -0.3 is 0 Å². The third-order valence-electron chi connectivity index (χ3n) is 4.71. The molecule has 3 nitrogen and oxygen atoms in total. The van der Waals surface area contributed by atoms with Crippen LogP contribution in [-0.4, -0.2) is 12.1 Å². The van der Waals surface area contributed by atoms with Crippen LogP contribution in [0.5, 0.6) is 0 Å². The molecule has 142 valence electrons. The molecule has 5 heteroatoms. The van der Waals surface area contributed by atoms with Crippen molar-refractivity contribution in [2.45, 2.75) is 20.3 Å². The van der Waals surface area contributed by atoms with Gasteiger partial charge in [-0.15, -0.1) is 4.52 Å². The number of rotatable bonds is 6. The number of aromatic nitrogens is 1. The van der Waals surface area contributed by atoms with Crippen molar-refractivity contribution in [3.05, 3.63) is 83.8 Å². The van der Waals surface area contributed by atoms with Crippen LogP contribution in [0.15, 0.2) is 61.2 Å². The van der Waals surface area contributed by atoms with E-state index in [1.807, 2.05) is 44.2 Å². The molecule has 0 aliphatic rings. The summed E-state index contributed by atoms with van der Waals surface area (Å²) in [7, 11) is -0.691. The van der Waals surface area contributed by atoms with Crippen LogP contribution in [-0.2, 0) is 15.5 Å². The molecule has 1 heterocycles. The lowest BCUT2D eigenvalue weighted by atomic mass is 9.90. The van der Waals surface area contributed by atoms with Gasteiger partial charge in [0.25, 0.3) is 0 Å². The molecule has 1 aromatic heterocycles. The highest BCUT2D eigenvalue weighted by molar-refractivity contribution is 7.51. The van der Waals surface area contributed by atoms with Gasteiger partial charge in [0, 0.05) is 11.1 Å². The van der Waals surface area contributed by atoms with E-state index in [2.05, 4.69) is 6.58 Å². The van der Waals surface area contributed by atoms with Crippen molar-refractivity contribution in [1.82, 2.24) is 4.98 Å².